The highest BCUT2D eigenvalue weighted by Gasteiger charge is 2.00. The van der Waals surface area contributed by atoms with Gasteiger partial charge in [-0.25, -0.2) is 0 Å². The van der Waals surface area contributed by atoms with Crippen molar-refractivity contribution in [2.24, 2.45) is 5.92 Å². The number of rotatable bonds is 0. The minimum absolute atomic E-state index is 0.949. The molecule has 0 heteroatoms. The zero-order chi connectivity index (χ0) is 7.82. The van der Waals surface area contributed by atoms with Crippen LogP contribution < -0.4 is 0 Å². The van der Waals surface area contributed by atoms with Gasteiger partial charge >= 0.3 is 0 Å². The Morgan fingerprint density at radius 3 is 2.10 bits per heavy atom. The molecular formula is C10H20. The van der Waals surface area contributed by atoms with Crippen molar-refractivity contribution in [1.82, 2.24) is 0 Å². The van der Waals surface area contributed by atoms with Crippen molar-refractivity contribution >= 4 is 0 Å². The monoisotopic (exact) mass is 140 g/mol. The molecule has 0 aromatic carbocycles. The van der Waals surface area contributed by atoms with Gasteiger partial charge in [0.05, 0.1) is 0 Å². The first-order chi connectivity index (χ1) is 4.81. The van der Waals surface area contributed by atoms with Crippen LogP contribution in [0.15, 0.2) is 12.2 Å². The quantitative estimate of drug-likeness (QED) is 0.449. The van der Waals surface area contributed by atoms with Crippen LogP contribution in [0.1, 0.15) is 46.5 Å². The van der Waals surface area contributed by atoms with E-state index in [0.717, 1.165) is 5.92 Å². The van der Waals surface area contributed by atoms with Gasteiger partial charge < -0.3 is 0 Å². The van der Waals surface area contributed by atoms with Crippen LogP contribution in [-0.4, -0.2) is 0 Å². The van der Waals surface area contributed by atoms with E-state index in [1.54, 1.807) is 0 Å². The van der Waals surface area contributed by atoms with E-state index in [1.165, 1.54) is 25.7 Å². The van der Waals surface area contributed by atoms with Gasteiger partial charge in [-0.2, -0.15) is 0 Å². The van der Waals surface area contributed by atoms with Crippen LogP contribution in [-0.2, 0) is 0 Å². The summed E-state index contributed by atoms with van der Waals surface area (Å²) in [6.07, 6.45) is 9.83. The molecule has 0 bridgehead atoms. The lowest BCUT2D eigenvalue weighted by Crippen LogP contribution is -1.94. The van der Waals surface area contributed by atoms with Crippen molar-refractivity contribution in [3.8, 4) is 0 Å². The molecule has 60 valence electrons. The predicted molar refractivity (Wildman–Crippen MR) is 48.1 cm³/mol. The summed E-state index contributed by atoms with van der Waals surface area (Å²) in [5, 5.41) is 0. The van der Waals surface area contributed by atoms with Gasteiger partial charge in [0.25, 0.3) is 0 Å². The highest BCUT2D eigenvalue weighted by atomic mass is 14.1. The van der Waals surface area contributed by atoms with Gasteiger partial charge in [-0.3, -0.25) is 0 Å². The van der Waals surface area contributed by atoms with Crippen molar-refractivity contribution < 1.29 is 0 Å². The second kappa shape index (κ2) is 6.85. The molecule has 10 heavy (non-hydrogen) atoms. The van der Waals surface area contributed by atoms with E-state index in [1.807, 2.05) is 0 Å². The molecule has 0 aromatic rings. The Kier molecular flexibility index (Phi) is 6.68. The van der Waals surface area contributed by atoms with Gasteiger partial charge in [-0.05, 0) is 25.2 Å². The largest absolute Gasteiger partial charge is 0.0885 e. The fourth-order valence-corrected chi connectivity index (χ4v) is 0.945. The first-order valence-electron chi connectivity index (χ1n) is 4.46. The van der Waals surface area contributed by atoms with Gasteiger partial charge in [-0.15, -0.1) is 0 Å². The highest BCUT2D eigenvalue weighted by Crippen LogP contribution is 2.15. The molecule has 1 aliphatic rings. The third-order valence-electron chi connectivity index (χ3n) is 1.53. The Morgan fingerprint density at radius 2 is 1.90 bits per heavy atom. The summed E-state index contributed by atoms with van der Waals surface area (Å²) in [6.45, 7) is 6.56. The lowest BCUT2D eigenvalue weighted by atomic mass is 9.97. The molecule has 1 rings (SSSR count). The average Bonchev–Trinajstić information content (AvgIpc) is 1.91. The van der Waals surface area contributed by atoms with E-state index in [-0.39, 0.29) is 0 Å². The van der Waals surface area contributed by atoms with Crippen molar-refractivity contribution in [1.29, 1.82) is 0 Å². The summed E-state index contributed by atoms with van der Waals surface area (Å²) in [5.41, 5.74) is 0. The molecule has 0 nitrogen and oxygen atoms in total. The third-order valence-corrected chi connectivity index (χ3v) is 1.53. The maximum Gasteiger partial charge on any atom is -0.0325 e. The van der Waals surface area contributed by atoms with Crippen LogP contribution in [0.4, 0.5) is 0 Å². The lowest BCUT2D eigenvalue weighted by molar-refractivity contribution is 0.527. The van der Waals surface area contributed by atoms with Gasteiger partial charge in [0.1, 0.15) is 0 Å². The molecule has 0 aromatic heterocycles. The summed E-state index contributed by atoms with van der Waals surface area (Å²) >= 11 is 0. The normalized spacial score (nSPS) is 23.3. The maximum absolute atomic E-state index is 2.31. The lowest BCUT2D eigenvalue weighted by Gasteiger charge is -2.09. The Balaban J connectivity index is 0.000000236. The topological polar surface area (TPSA) is 0 Å². The second-order valence-corrected chi connectivity index (χ2v) is 3.10. The van der Waals surface area contributed by atoms with Crippen LogP contribution >= 0.6 is 0 Å². The molecule has 0 heterocycles. The number of hydrogen-bond acceptors (Lipinski definition) is 0. The molecule has 0 aliphatic heterocycles. The van der Waals surface area contributed by atoms with Gasteiger partial charge in [0.15, 0.2) is 0 Å². The molecule has 0 fully saturated rings. The van der Waals surface area contributed by atoms with Crippen molar-refractivity contribution in [3.63, 3.8) is 0 Å². The van der Waals surface area contributed by atoms with Crippen LogP contribution in [0.2, 0.25) is 0 Å². The van der Waals surface area contributed by atoms with E-state index >= 15 is 0 Å². The average molecular weight is 140 g/mol. The fraction of sp³-hybridized carbons (Fsp3) is 0.800. The smallest absolute Gasteiger partial charge is 0.0325 e. The minimum Gasteiger partial charge on any atom is -0.0885 e. The van der Waals surface area contributed by atoms with E-state index in [9.17, 15) is 0 Å². The summed E-state index contributed by atoms with van der Waals surface area (Å²) < 4.78 is 0. The van der Waals surface area contributed by atoms with Gasteiger partial charge in [0, 0.05) is 0 Å². The Bertz CT molecular complexity index is 82.0. The summed E-state index contributed by atoms with van der Waals surface area (Å²) in [7, 11) is 0. The number of hydrogen-bond donors (Lipinski definition) is 0. The summed E-state index contributed by atoms with van der Waals surface area (Å²) in [5.74, 6) is 0.949. The van der Waals surface area contributed by atoms with Crippen molar-refractivity contribution in [2.45, 2.75) is 46.5 Å². The fourth-order valence-electron chi connectivity index (χ4n) is 0.945. The SMILES string of the molecule is CC1CC=CCC1.CCC. The standard InChI is InChI=1S/C7H12.C3H8/c1-7-5-3-2-4-6-7;1-3-2/h2-3,7H,4-6H2,1H3;3H2,1-2H3. The van der Waals surface area contributed by atoms with E-state index in [0.29, 0.717) is 0 Å². The van der Waals surface area contributed by atoms with Crippen molar-refractivity contribution in [2.75, 3.05) is 0 Å². The Hall–Kier alpha value is -0.260. The predicted octanol–water partition coefficient (Wildman–Crippen LogP) is 3.78. The first-order valence-corrected chi connectivity index (χ1v) is 4.46. The van der Waals surface area contributed by atoms with Gasteiger partial charge in [0.2, 0.25) is 0 Å². The van der Waals surface area contributed by atoms with Crippen LogP contribution in [0, 0.1) is 5.92 Å². The zero-order valence-corrected chi connectivity index (χ0v) is 7.56. The van der Waals surface area contributed by atoms with E-state index in [2.05, 4.69) is 32.9 Å². The molecule has 0 saturated carbocycles. The molecule has 0 amide bonds. The third kappa shape index (κ3) is 5.87. The summed E-state index contributed by atoms with van der Waals surface area (Å²) in [6, 6.07) is 0. The van der Waals surface area contributed by atoms with Crippen LogP contribution in [0.3, 0.4) is 0 Å². The molecule has 0 N–H and O–H groups in total. The summed E-state index contributed by atoms with van der Waals surface area (Å²) in [4.78, 5) is 0. The van der Waals surface area contributed by atoms with Crippen LogP contribution in [0.25, 0.3) is 0 Å². The Labute approximate surface area is 65.3 Å². The molecule has 1 aliphatic carbocycles. The number of allylic oxidation sites excluding steroid dienone is 2. The molecule has 1 unspecified atom stereocenters. The highest BCUT2D eigenvalue weighted by molar-refractivity contribution is 4.88. The Morgan fingerprint density at radius 1 is 1.30 bits per heavy atom. The molecule has 0 spiro atoms. The minimum atomic E-state index is 0.949. The second-order valence-electron chi connectivity index (χ2n) is 3.10. The molecular weight excluding hydrogens is 120 g/mol. The van der Waals surface area contributed by atoms with Crippen molar-refractivity contribution in [3.05, 3.63) is 12.2 Å². The molecule has 1 atom stereocenters. The maximum atomic E-state index is 2.31. The molecule has 0 saturated heterocycles. The van der Waals surface area contributed by atoms with E-state index in [4.69, 9.17) is 0 Å². The molecule has 0 radical (unpaired) electrons. The first kappa shape index (κ1) is 9.74. The van der Waals surface area contributed by atoms with E-state index < -0.39 is 0 Å². The van der Waals surface area contributed by atoms with Gasteiger partial charge in [-0.1, -0.05) is 39.3 Å². The van der Waals surface area contributed by atoms with Crippen LogP contribution in [0.5, 0.6) is 0 Å². The zero-order valence-electron chi connectivity index (χ0n) is 7.56.